The molecule has 0 aliphatic rings. The van der Waals surface area contributed by atoms with Crippen LogP contribution >= 0.6 is 11.3 Å². The lowest BCUT2D eigenvalue weighted by molar-refractivity contribution is 0.652. The van der Waals surface area contributed by atoms with Gasteiger partial charge in [-0.05, 0) is 17.9 Å². The fraction of sp³-hybridized carbons (Fsp3) is 0.333. The monoisotopic (exact) mass is 208 g/mol. The summed E-state index contributed by atoms with van der Waals surface area (Å²) in [5, 5.41) is 8.99. The lowest BCUT2D eigenvalue weighted by Crippen LogP contribution is -2.10. The van der Waals surface area contributed by atoms with Crippen molar-refractivity contribution in [2.24, 2.45) is 5.73 Å². The van der Waals surface area contributed by atoms with E-state index in [1.54, 1.807) is 11.3 Å². The van der Waals surface area contributed by atoms with Gasteiger partial charge in [0.15, 0.2) is 5.82 Å². The second kappa shape index (κ2) is 3.89. The van der Waals surface area contributed by atoms with Crippen molar-refractivity contribution in [3.05, 3.63) is 23.3 Å². The van der Waals surface area contributed by atoms with Crippen LogP contribution < -0.4 is 5.73 Å². The first kappa shape index (κ1) is 9.36. The molecular weight excluding hydrogens is 196 g/mol. The van der Waals surface area contributed by atoms with E-state index in [1.165, 1.54) is 0 Å². The number of H-pyrrole nitrogens is 1. The molecule has 4 nitrogen and oxygen atoms in total. The largest absolute Gasteiger partial charge is 0.321 e. The smallest absolute Gasteiger partial charge is 0.191 e. The molecule has 0 aliphatic heterocycles. The molecule has 1 unspecified atom stereocenters. The van der Waals surface area contributed by atoms with Crippen molar-refractivity contribution in [3.8, 4) is 10.7 Å². The van der Waals surface area contributed by atoms with Crippen LogP contribution in [-0.4, -0.2) is 15.2 Å². The van der Waals surface area contributed by atoms with Crippen LogP contribution in [0.25, 0.3) is 10.7 Å². The van der Waals surface area contributed by atoms with Crippen LogP contribution in [0.2, 0.25) is 0 Å². The molecule has 0 aliphatic carbocycles. The van der Waals surface area contributed by atoms with Gasteiger partial charge in [-0.25, -0.2) is 4.98 Å². The maximum atomic E-state index is 5.83. The molecule has 74 valence electrons. The van der Waals surface area contributed by atoms with Crippen LogP contribution in [0.5, 0.6) is 0 Å². The number of aromatic nitrogens is 3. The summed E-state index contributed by atoms with van der Waals surface area (Å²) < 4.78 is 0. The summed E-state index contributed by atoms with van der Waals surface area (Å²) in [5.41, 5.74) is 5.83. The third-order valence-electron chi connectivity index (χ3n) is 2.04. The van der Waals surface area contributed by atoms with E-state index in [0.717, 1.165) is 22.9 Å². The molecule has 2 aromatic heterocycles. The van der Waals surface area contributed by atoms with E-state index in [4.69, 9.17) is 5.73 Å². The van der Waals surface area contributed by atoms with Gasteiger partial charge in [-0.3, -0.25) is 5.10 Å². The molecule has 2 rings (SSSR count). The number of hydrogen-bond acceptors (Lipinski definition) is 4. The highest BCUT2D eigenvalue weighted by Gasteiger charge is 2.10. The summed E-state index contributed by atoms with van der Waals surface area (Å²) in [6, 6.07) is 3.93. The van der Waals surface area contributed by atoms with E-state index in [9.17, 15) is 0 Å². The minimum Gasteiger partial charge on any atom is -0.321 e. The molecular formula is C9H12N4S. The van der Waals surface area contributed by atoms with Gasteiger partial charge in [0, 0.05) is 0 Å². The number of hydrogen-bond donors (Lipinski definition) is 2. The zero-order valence-corrected chi connectivity index (χ0v) is 8.71. The average Bonchev–Trinajstić information content (AvgIpc) is 2.86. The minimum atomic E-state index is -0.0452. The average molecular weight is 208 g/mol. The normalized spacial score (nSPS) is 13.0. The van der Waals surface area contributed by atoms with Gasteiger partial charge in [0.05, 0.1) is 10.9 Å². The highest BCUT2D eigenvalue weighted by atomic mass is 32.1. The summed E-state index contributed by atoms with van der Waals surface area (Å²) in [6.07, 6.45) is 0.860. The quantitative estimate of drug-likeness (QED) is 0.810. The number of aromatic amines is 1. The molecule has 0 amide bonds. The van der Waals surface area contributed by atoms with Gasteiger partial charge in [0.2, 0.25) is 0 Å². The number of rotatable bonds is 3. The Labute approximate surface area is 86.2 Å². The Kier molecular flexibility index (Phi) is 2.60. The van der Waals surface area contributed by atoms with Crippen molar-refractivity contribution in [1.29, 1.82) is 0 Å². The van der Waals surface area contributed by atoms with Gasteiger partial charge in [-0.15, -0.1) is 11.3 Å². The first-order valence-corrected chi connectivity index (χ1v) is 5.41. The Hall–Kier alpha value is -1.20. The topological polar surface area (TPSA) is 67.6 Å². The summed E-state index contributed by atoms with van der Waals surface area (Å²) >= 11 is 1.62. The van der Waals surface area contributed by atoms with E-state index in [1.807, 2.05) is 24.4 Å². The van der Waals surface area contributed by atoms with Crippen molar-refractivity contribution < 1.29 is 0 Å². The molecule has 3 N–H and O–H groups in total. The van der Waals surface area contributed by atoms with Gasteiger partial charge >= 0.3 is 0 Å². The maximum absolute atomic E-state index is 5.83. The maximum Gasteiger partial charge on any atom is 0.191 e. The Morgan fingerprint density at radius 3 is 3.14 bits per heavy atom. The SMILES string of the molecule is CCC(N)c1nc(-c2cccs2)n[nH]1. The molecule has 2 aromatic rings. The van der Waals surface area contributed by atoms with Crippen LogP contribution in [-0.2, 0) is 0 Å². The van der Waals surface area contributed by atoms with Gasteiger partial charge in [0.1, 0.15) is 5.82 Å². The van der Waals surface area contributed by atoms with Crippen molar-refractivity contribution >= 4 is 11.3 Å². The Bertz CT molecular complexity index is 393. The zero-order chi connectivity index (χ0) is 9.97. The lowest BCUT2D eigenvalue weighted by atomic mass is 10.2. The number of nitrogens with one attached hydrogen (secondary N) is 1. The molecule has 14 heavy (non-hydrogen) atoms. The van der Waals surface area contributed by atoms with Crippen molar-refractivity contribution in [2.75, 3.05) is 0 Å². The van der Waals surface area contributed by atoms with Gasteiger partial charge in [-0.2, -0.15) is 5.10 Å². The molecule has 0 saturated heterocycles. The molecule has 5 heteroatoms. The predicted octanol–water partition coefficient (Wildman–Crippen LogP) is 1.94. The molecule has 2 heterocycles. The van der Waals surface area contributed by atoms with Crippen LogP contribution in [0.1, 0.15) is 25.2 Å². The fourth-order valence-corrected chi connectivity index (χ4v) is 1.81. The minimum absolute atomic E-state index is 0.0452. The first-order chi connectivity index (χ1) is 6.81. The van der Waals surface area contributed by atoms with Crippen molar-refractivity contribution in [1.82, 2.24) is 15.2 Å². The lowest BCUT2D eigenvalue weighted by Gasteiger charge is -2.01. The van der Waals surface area contributed by atoms with Crippen LogP contribution in [0, 0.1) is 0 Å². The molecule has 0 bridgehead atoms. The second-order valence-corrected chi connectivity index (χ2v) is 3.98. The molecule has 0 spiro atoms. The fourth-order valence-electron chi connectivity index (χ4n) is 1.15. The predicted molar refractivity (Wildman–Crippen MR) is 56.9 cm³/mol. The summed E-state index contributed by atoms with van der Waals surface area (Å²) in [5.74, 6) is 1.50. The summed E-state index contributed by atoms with van der Waals surface area (Å²) in [6.45, 7) is 2.03. The van der Waals surface area contributed by atoms with E-state index < -0.39 is 0 Å². The Balaban J connectivity index is 2.26. The third-order valence-corrected chi connectivity index (χ3v) is 2.90. The van der Waals surface area contributed by atoms with Crippen LogP contribution in [0.4, 0.5) is 0 Å². The summed E-state index contributed by atoms with van der Waals surface area (Å²) in [7, 11) is 0. The van der Waals surface area contributed by atoms with E-state index >= 15 is 0 Å². The molecule has 0 aromatic carbocycles. The highest BCUT2D eigenvalue weighted by molar-refractivity contribution is 7.13. The standard InChI is InChI=1S/C9H12N4S/c1-2-6(10)8-11-9(13-12-8)7-4-3-5-14-7/h3-6H,2,10H2,1H3,(H,11,12,13). The summed E-state index contributed by atoms with van der Waals surface area (Å²) in [4.78, 5) is 5.41. The van der Waals surface area contributed by atoms with E-state index in [0.29, 0.717) is 0 Å². The van der Waals surface area contributed by atoms with Crippen LogP contribution in [0.15, 0.2) is 17.5 Å². The second-order valence-electron chi connectivity index (χ2n) is 3.04. The van der Waals surface area contributed by atoms with Gasteiger partial charge < -0.3 is 5.73 Å². The van der Waals surface area contributed by atoms with Crippen LogP contribution in [0.3, 0.4) is 0 Å². The molecule has 1 atom stereocenters. The van der Waals surface area contributed by atoms with Gasteiger partial charge in [-0.1, -0.05) is 13.0 Å². The molecule has 0 saturated carbocycles. The molecule has 0 radical (unpaired) electrons. The number of thiophene rings is 1. The number of nitrogens with zero attached hydrogens (tertiary/aromatic N) is 2. The number of nitrogens with two attached hydrogens (primary N) is 1. The highest BCUT2D eigenvalue weighted by Crippen LogP contribution is 2.21. The first-order valence-electron chi connectivity index (χ1n) is 4.53. The van der Waals surface area contributed by atoms with Crippen molar-refractivity contribution in [3.63, 3.8) is 0 Å². The zero-order valence-electron chi connectivity index (χ0n) is 7.90. The van der Waals surface area contributed by atoms with Crippen molar-refractivity contribution in [2.45, 2.75) is 19.4 Å². The van der Waals surface area contributed by atoms with E-state index in [2.05, 4.69) is 15.2 Å². The Morgan fingerprint density at radius 2 is 2.50 bits per heavy atom. The van der Waals surface area contributed by atoms with Gasteiger partial charge in [0.25, 0.3) is 0 Å². The third kappa shape index (κ3) is 1.69. The van der Waals surface area contributed by atoms with E-state index in [-0.39, 0.29) is 6.04 Å². The molecule has 0 fully saturated rings. The Morgan fingerprint density at radius 1 is 1.64 bits per heavy atom.